The number of nitrogens with zero attached hydrogens (tertiary/aromatic N) is 4. The number of aryl methyl sites for hydroxylation is 1. The molecule has 2 aromatic carbocycles. The number of fused-ring (bicyclic) bond motifs is 3. The molecule has 3 heterocycles. The molecule has 0 saturated heterocycles. The van der Waals surface area contributed by atoms with Crippen molar-refractivity contribution in [2.75, 3.05) is 6.54 Å². The molecule has 5 heteroatoms. The highest BCUT2D eigenvalue weighted by atomic mass is 16.7. The van der Waals surface area contributed by atoms with Crippen molar-refractivity contribution in [1.29, 1.82) is 0 Å². The van der Waals surface area contributed by atoms with E-state index in [1.165, 1.54) is 16.8 Å². The van der Waals surface area contributed by atoms with Gasteiger partial charge in [-0.25, -0.2) is 0 Å². The topological polar surface area (TPSA) is 43.2 Å². The summed E-state index contributed by atoms with van der Waals surface area (Å²) >= 11 is 0. The van der Waals surface area contributed by atoms with Crippen LogP contribution in [0.1, 0.15) is 29.4 Å². The standard InChI is InChI=1S/C21H20N4O/c1-2-6-16(7-3-1)14-18-12-13-25(26-18)20-11-10-17-8-4-5-9-19(17)24-15-22-23-21(20)24/h1-9,12,15,20H,10-11,13-14H2/t20-/m1/s1. The first kappa shape index (κ1) is 15.3. The highest BCUT2D eigenvalue weighted by Gasteiger charge is 2.32. The maximum atomic E-state index is 6.20. The van der Waals surface area contributed by atoms with E-state index in [4.69, 9.17) is 4.84 Å². The maximum Gasteiger partial charge on any atom is 0.158 e. The Morgan fingerprint density at radius 1 is 1.04 bits per heavy atom. The van der Waals surface area contributed by atoms with Crippen LogP contribution in [0.3, 0.4) is 0 Å². The van der Waals surface area contributed by atoms with Crippen LogP contribution in [0.25, 0.3) is 5.69 Å². The Labute approximate surface area is 152 Å². The fourth-order valence-electron chi connectivity index (χ4n) is 3.82. The third kappa shape index (κ3) is 2.70. The lowest BCUT2D eigenvalue weighted by Crippen LogP contribution is -2.27. The molecular weight excluding hydrogens is 324 g/mol. The van der Waals surface area contributed by atoms with Crippen LogP contribution in [-0.4, -0.2) is 26.4 Å². The average molecular weight is 344 g/mol. The monoisotopic (exact) mass is 344 g/mol. The van der Waals surface area contributed by atoms with E-state index in [2.05, 4.69) is 69.4 Å². The van der Waals surface area contributed by atoms with Gasteiger partial charge in [0.15, 0.2) is 5.82 Å². The maximum absolute atomic E-state index is 6.20. The second-order valence-electron chi connectivity index (χ2n) is 6.77. The van der Waals surface area contributed by atoms with Crippen molar-refractivity contribution in [2.45, 2.75) is 25.3 Å². The number of benzene rings is 2. The van der Waals surface area contributed by atoms with Gasteiger partial charge in [0.1, 0.15) is 18.1 Å². The molecule has 5 nitrogen and oxygen atoms in total. The van der Waals surface area contributed by atoms with Gasteiger partial charge in [0.25, 0.3) is 0 Å². The Kier molecular flexibility index (Phi) is 3.79. The minimum Gasteiger partial charge on any atom is -0.409 e. The summed E-state index contributed by atoms with van der Waals surface area (Å²) in [5.41, 5.74) is 3.76. The van der Waals surface area contributed by atoms with Gasteiger partial charge in [0, 0.05) is 6.42 Å². The molecule has 0 spiro atoms. The number of hydrogen-bond donors (Lipinski definition) is 0. The number of hydroxylamine groups is 2. The van der Waals surface area contributed by atoms with Crippen LogP contribution >= 0.6 is 0 Å². The summed E-state index contributed by atoms with van der Waals surface area (Å²) in [5.74, 6) is 1.95. The van der Waals surface area contributed by atoms with Gasteiger partial charge in [-0.2, -0.15) is 0 Å². The fraction of sp³-hybridized carbons (Fsp3) is 0.238. The molecule has 0 unspecified atom stereocenters. The van der Waals surface area contributed by atoms with E-state index in [0.29, 0.717) is 0 Å². The first-order valence-electron chi connectivity index (χ1n) is 9.04. The van der Waals surface area contributed by atoms with Crippen molar-refractivity contribution < 1.29 is 4.84 Å². The molecule has 0 bridgehead atoms. The summed E-state index contributed by atoms with van der Waals surface area (Å²) in [6, 6.07) is 19.0. The fourth-order valence-corrected chi connectivity index (χ4v) is 3.82. The van der Waals surface area contributed by atoms with Crippen LogP contribution in [-0.2, 0) is 17.7 Å². The molecule has 1 aromatic heterocycles. The molecule has 2 aliphatic rings. The van der Waals surface area contributed by atoms with Crippen LogP contribution in [0, 0.1) is 0 Å². The Morgan fingerprint density at radius 3 is 2.81 bits per heavy atom. The minimum atomic E-state index is 0.0921. The molecule has 5 rings (SSSR count). The molecule has 3 aromatic rings. The smallest absolute Gasteiger partial charge is 0.158 e. The van der Waals surface area contributed by atoms with E-state index in [0.717, 1.165) is 37.4 Å². The average Bonchev–Trinajstić information content (AvgIpc) is 3.31. The molecule has 26 heavy (non-hydrogen) atoms. The van der Waals surface area contributed by atoms with Gasteiger partial charge in [0.05, 0.1) is 12.2 Å². The summed E-state index contributed by atoms with van der Waals surface area (Å²) in [6.45, 7) is 0.774. The molecule has 130 valence electrons. The zero-order valence-corrected chi connectivity index (χ0v) is 14.5. The van der Waals surface area contributed by atoms with Gasteiger partial charge < -0.3 is 4.84 Å². The van der Waals surface area contributed by atoms with Crippen molar-refractivity contribution in [2.24, 2.45) is 0 Å². The van der Waals surface area contributed by atoms with Crippen LogP contribution in [0.2, 0.25) is 0 Å². The van der Waals surface area contributed by atoms with Gasteiger partial charge in [-0.05, 0) is 36.1 Å². The lowest BCUT2D eigenvalue weighted by molar-refractivity contribution is -0.132. The lowest BCUT2D eigenvalue weighted by Gasteiger charge is -2.25. The van der Waals surface area contributed by atoms with Gasteiger partial charge in [-0.3, -0.25) is 4.57 Å². The Balaban J connectivity index is 1.38. The molecule has 0 N–H and O–H groups in total. The Bertz CT molecular complexity index is 947. The summed E-state index contributed by atoms with van der Waals surface area (Å²) in [6.07, 6.45) is 6.75. The predicted molar refractivity (Wildman–Crippen MR) is 98.4 cm³/mol. The Hall–Kier alpha value is -2.92. The van der Waals surface area contributed by atoms with E-state index in [1.54, 1.807) is 6.33 Å². The predicted octanol–water partition coefficient (Wildman–Crippen LogP) is 3.63. The van der Waals surface area contributed by atoms with Crippen LogP contribution < -0.4 is 0 Å². The van der Waals surface area contributed by atoms with E-state index in [1.807, 2.05) is 11.1 Å². The first-order chi connectivity index (χ1) is 12.9. The van der Waals surface area contributed by atoms with Gasteiger partial charge in [0.2, 0.25) is 0 Å². The zero-order valence-electron chi connectivity index (χ0n) is 14.5. The number of rotatable bonds is 3. The largest absolute Gasteiger partial charge is 0.409 e. The molecule has 0 amide bonds. The van der Waals surface area contributed by atoms with E-state index in [9.17, 15) is 0 Å². The summed E-state index contributed by atoms with van der Waals surface area (Å²) in [4.78, 5) is 6.20. The lowest BCUT2D eigenvalue weighted by atomic mass is 10.1. The zero-order chi connectivity index (χ0) is 17.3. The van der Waals surface area contributed by atoms with Crippen molar-refractivity contribution in [1.82, 2.24) is 19.8 Å². The van der Waals surface area contributed by atoms with Crippen molar-refractivity contribution in [3.63, 3.8) is 0 Å². The number of aromatic nitrogens is 3. The highest BCUT2D eigenvalue weighted by molar-refractivity contribution is 5.43. The molecule has 1 atom stereocenters. The third-order valence-electron chi connectivity index (χ3n) is 5.11. The van der Waals surface area contributed by atoms with Gasteiger partial charge in [-0.15, -0.1) is 15.3 Å². The second kappa shape index (κ2) is 6.42. The molecular formula is C21H20N4O. The third-order valence-corrected chi connectivity index (χ3v) is 5.11. The summed E-state index contributed by atoms with van der Waals surface area (Å²) in [5, 5.41) is 10.6. The second-order valence-corrected chi connectivity index (χ2v) is 6.77. The normalized spacial score (nSPS) is 19.2. The molecule has 0 fully saturated rings. The van der Waals surface area contributed by atoms with E-state index < -0.39 is 0 Å². The van der Waals surface area contributed by atoms with Gasteiger partial charge >= 0.3 is 0 Å². The van der Waals surface area contributed by atoms with Crippen molar-refractivity contribution in [3.05, 3.63) is 89.7 Å². The van der Waals surface area contributed by atoms with Crippen molar-refractivity contribution in [3.8, 4) is 5.69 Å². The molecule has 0 radical (unpaired) electrons. The number of hydrogen-bond acceptors (Lipinski definition) is 4. The summed E-state index contributed by atoms with van der Waals surface area (Å²) in [7, 11) is 0. The van der Waals surface area contributed by atoms with Crippen LogP contribution in [0.15, 0.2) is 72.8 Å². The van der Waals surface area contributed by atoms with E-state index >= 15 is 0 Å². The van der Waals surface area contributed by atoms with E-state index in [-0.39, 0.29) is 6.04 Å². The summed E-state index contributed by atoms with van der Waals surface area (Å²) < 4.78 is 2.10. The SMILES string of the molecule is C1=C(Cc2ccccc2)ON([C@@H]2CCc3ccccc3-n3cnnc32)C1. The Morgan fingerprint density at radius 2 is 1.88 bits per heavy atom. The van der Waals surface area contributed by atoms with Crippen molar-refractivity contribution >= 4 is 0 Å². The van der Waals surface area contributed by atoms with Crippen LogP contribution in [0.5, 0.6) is 0 Å². The quantitative estimate of drug-likeness (QED) is 0.728. The molecule has 2 aliphatic heterocycles. The van der Waals surface area contributed by atoms with Gasteiger partial charge in [-0.1, -0.05) is 48.5 Å². The van der Waals surface area contributed by atoms with Crippen LogP contribution in [0.4, 0.5) is 0 Å². The first-order valence-corrected chi connectivity index (χ1v) is 9.04. The molecule has 0 saturated carbocycles. The number of allylic oxidation sites excluding steroid dienone is 1. The highest BCUT2D eigenvalue weighted by Crippen LogP contribution is 2.34. The number of para-hydroxylation sites is 1. The minimum absolute atomic E-state index is 0.0921. The molecule has 0 aliphatic carbocycles.